The minimum absolute atomic E-state index is 0.768. The molecule has 2 aromatic rings. The molecule has 2 heterocycles. The summed E-state index contributed by atoms with van der Waals surface area (Å²) in [6.07, 6.45) is 1.73. The van der Waals surface area contributed by atoms with E-state index in [1.165, 1.54) is 22.5 Å². The molecule has 0 radical (unpaired) electrons. The quantitative estimate of drug-likeness (QED) is 0.924. The highest BCUT2D eigenvalue weighted by atomic mass is 16.5. The van der Waals surface area contributed by atoms with Crippen molar-refractivity contribution in [2.75, 3.05) is 7.11 Å². The fourth-order valence-electron chi connectivity index (χ4n) is 2.59. The summed E-state index contributed by atoms with van der Waals surface area (Å²) in [4.78, 5) is 9.41. The normalized spacial score (nSPS) is 13.3. The number of aryl methyl sites for hydroxylation is 1. The molecule has 3 rings (SSSR count). The Balaban J connectivity index is 1.86. The van der Waals surface area contributed by atoms with E-state index in [4.69, 9.17) is 14.7 Å². The molecular formula is C16H19N3O. The molecule has 0 atom stereocenters. The Morgan fingerprint density at radius 3 is 2.65 bits per heavy atom. The Kier molecular flexibility index (Phi) is 3.65. The molecule has 4 heteroatoms. The van der Waals surface area contributed by atoms with Crippen LogP contribution in [0.1, 0.15) is 35.3 Å². The van der Waals surface area contributed by atoms with Crippen molar-refractivity contribution in [2.45, 2.75) is 32.9 Å². The highest BCUT2D eigenvalue weighted by Gasteiger charge is 2.17. The summed E-state index contributed by atoms with van der Waals surface area (Å²) in [5.74, 6) is 1.79. The highest BCUT2D eigenvalue weighted by Crippen LogP contribution is 2.19. The van der Waals surface area contributed by atoms with E-state index in [0.29, 0.717) is 0 Å². The number of ether oxygens (including phenoxy) is 1. The first-order chi connectivity index (χ1) is 9.80. The number of aromatic nitrogens is 2. The predicted octanol–water partition coefficient (Wildman–Crippen LogP) is 2.24. The lowest BCUT2D eigenvalue weighted by atomic mass is 10.1. The molecular weight excluding hydrogens is 250 g/mol. The van der Waals surface area contributed by atoms with E-state index in [-0.39, 0.29) is 0 Å². The summed E-state index contributed by atoms with van der Waals surface area (Å²) in [7, 11) is 1.68. The van der Waals surface area contributed by atoms with E-state index in [1.807, 2.05) is 12.1 Å². The zero-order valence-corrected chi connectivity index (χ0v) is 11.9. The number of methoxy groups -OCH3 is 1. The summed E-state index contributed by atoms with van der Waals surface area (Å²) >= 11 is 0. The fourth-order valence-corrected chi connectivity index (χ4v) is 2.59. The maximum Gasteiger partial charge on any atom is 0.133 e. The van der Waals surface area contributed by atoms with Crippen LogP contribution in [0.15, 0.2) is 24.3 Å². The maximum absolute atomic E-state index is 5.18. The molecule has 0 bridgehead atoms. The third-order valence-electron chi connectivity index (χ3n) is 3.68. The second-order valence-electron chi connectivity index (χ2n) is 4.99. The van der Waals surface area contributed by atoms with Crippen molar-refractivity contribution < 1.29 is 4.74 Å². The van der Waals surface area contributed by atoms with Crippen molar-refractivity contribution >= 4 is 0 Å². The summed E-state index contributed by atoms with van der Waals surface area (Å²) in [5.41, 5.74) is 4.86. The van der Waals surface area contributed by atoms with Gasteiger partial charge in [0.05, 0.1) is 12.8 Å². The topological polar surface area (TPSA) is 47.0 Å². The number of fused-ring (bicyclic) bond motifs is 1. The molecule has 0 spiro atoms. The highest BCUT2D eigenvalue weighted by molar-refractivity contribution is 5.32. The number of hydrogen-bond donors (Lipinski definition) is 1. The van der Waals surface area contributed by atoms with Gasteiger partial charge in [-0.2, -0.15) is 0 Å². The zero-order chi connectivity index (χ0) is 13.9. The van der Waals surface area contributed by atoms with Gasteiger partial charge in [0.15, 0.2) is 0 Å². The molecule has 1 aliphatic rings. The Morgan fingerprint density at radius 1 is 1.15 bits per heavy atom. The second kappa shape index (κ2) is 5.59. The van der Waals surface area contributed by atoms with Crippen molar-refractivity contribution in [2.24, 2.45) is 0 Å². The Hall–Kier alpha value is -1.94. The van der Waals surface area contributed by atoms with Crippen LogP contribution in [-0.4, -0.2) is 17.1 Å². The summed E-state index contributed by atoms with van der Waals surface area (Å²) in [6.45, 7) is 3.92. The number of hydrogen-bond acceptors (Lipinski definition) is 4. The van der Waals surface area contributed by atoms with Crippen LogP contribution in [0.4, 0.5) is 0 Å². The molecule has 20 heavy (non-hydrogen) atoms. The van der Waals surface area contributed by atoms with Gasteiger partial charge >= 0.3 is 0 Å². The van der Waals surface area contributed by atoms with Crippen molar-refractivity contribution in [3.63, 3.8) is 0 Å². The summed E-state index contributed by atoms with van der Waals surface area (Å²) in [6, 6.07) is 8.09. The maximum atomic E-state index is 5.18. The number of nitrogens with one attached hydrogen (secondary N) is 1. The summed E-state index contributed by atoms with van der Waals surface area (Å²) in [5, 5.41) is 3.35. The van der Waals surface area contributed by atoms with E-state index < -0.39 is 0 Å². The van der Waals surface area contributed by atoms with Gasteiger partial charge in [-0.1, -0.05) is 19.1 Å². The van der Waals surface area contributed by atoms with Crippen LogP contribution in [0.25, 0.3) is 0 Å². The van der Waals surface area contributed by atoms with Gasteiger partial charge in [0.2, 0.25) is 0 Å². The fraction of sp³-hybridized carbons (Fsp3) is 0.375. The molecule has 1 aromatic heterocycles. The molecule has 104 valence electrons. The third kappa shape index (κ3) is 2.51. The first-order valence-corrected chi connectivity index (χ1v) is 7.01. The van der Waals surface area contributed by atoms with Crippen LogP contribution in [0.5, 0.6) is 5.75 Å². The molecule has 0 saturated heterocycles. The van der Waals surface area contributed by atoms with Gasteiger partial charge in [-0.15, -0.1) is 0 Å². The van der Waals surface area contributed by atoms with Crippen molar-refractivity contribution in [1.82, 2.24) is 15.3 Å². The minimum Gasteiger partial charge on any atom is -0.497 e. The SMILES string of the molecule is CCc1nc(Cc2ccc(OC)cc2)nc2c1CNC2. The molecule has 0 saturated carbocycles. The molecule has 1 N–H and O–H groups in total. The lowest BCUT2D eigenvalue weighted by Gasteiger charge is -2.08. The molecule has 0 amide bonds. The van der Waals surface area contributed by atoms with Gasteiger partial charge in [-0.3, -0.25) is 0 Å². The molecule has 0 fully saturated rings. The largest absolute Gasteiger partial charge is 0.497 e. The molecule has 1 aromatic carbocycles. The van der Waals surface area contributed by atoms with E-state index in [1.54, 1.807) is 7.11 Å². The first kappa shape index (κ1) is 13.1. The molecule has 0 aliphatic carbocycles. The van der Waals surface area contributed by atoms with Crippen LogP contribution in [-0.2, 0) is 25.9 Å². The average Bonchev–Trinajstić information content (AvgIpc) is 2.95. The van der Waals surface area contributed by atoms with E-state index in [0.717, 1.165) is 37.5 Å². The molecule has 1 aliphatic heterocycles. The Labute approximate surface area is 119 Å². The van der Waals surface area contributed by atoms with Crippen molar-refractivity contribution in [3.8, 4) is 5.75 Å². The average molecular weight is 269 g/mol. The van der Waals surface area contributed by atoms with Crippen LogP contribution in [0, 0.1) is 0 Å². The van der Waals surface area contributed by atoms with Gasteiger partial charge in [-0.05, 0) is 24.1 Å². The van der Waals surface area contributed by atoms with E-state index in [2.05, 4.69) is 24.4 Å². The van der Waals surface area contributed by atoms with Crippen LogP contribution < -0.4 is 10.1 Å². The molecule has 0 unspecified atom stereocenters. The first-order valence-electron chi connectivity index (χ1n) is 7.01. The third-order valence-corrected chi connectivity index (χ3v) is 3.68. The van der Waals surface area contributed by atoms with E-state index >= 15 is 0 Å². The standard InChI is InChI=1S/C16H19N3O/c1-3-14-13-9-17-10-15(13)19-16(18-14)8-11-4-6-12(20-2)7-5-11/h4-7,17H,3,8-10H2,1-2H3. The zero-order valence-electron chi connectivity index (χ0n) is 11.9. The van der Waals surface area contributed by atoms with Crippen LogP contribution >= 0.6 is 0 Å². The lowest BCUT2D eigenvalue weighted by molar-refractivity contribution is 0.414. The molecule has 4 nitrogen and oxygen atoms in total. The number of rotatable bonds is 4. The minimum atomic E-state index is 0.768. The Bertz CT molecular complexity index is 608. The van der Waals surface area contributed by atoms with Crippen LogP contribution in [0.3, 0.4) is 0 Å². The smallest absolute Gasteiger partial charge is 0.133 e. The number of nitrogens with zero attached hydrogens (tertiary/aromatic N) is 2. The van der Waals surface area contributed by atoms with Gasteiger partial charge in [0.25, 0.3) is 0 Å². The van der Waals surface area contributed by atoms with Crippen molar-refractivity contribution in [1.29, 1.82) is 0 Å². The number of benzene rings is 1. The Morgan fingerprint density at radius 2 is 1.95 bits per heavy atom. The predicted molar refractivity (Wildman–Crippen MR) is 77.8 cm³/mol. The summed E-state index contributed by atoms with van der Waals surface area (Å²) < 4.78 is 5.18. The van der Waals surface area contributed by atoms with Gasteiger partial charge in [-0.25, -0.2) is 9.97 Å². The van der Waals surface area contributed by atoms with Gasteiger partial charge in [0.1, 0.15) is 11.6 Å². The van der Waals surface area contributed by atoms with E-state index in [9.17, 15) is 0 Å². The van der Waals surface area contributed by atoms with Crippen LogP contribution in [0.2, 0.25) is 0 Å². The van der Waals surface area contributed by atoms with Gasteiger partial charge < -0.3 is 10.1 Å². The van der Waals surface area contributed by atoms with Gasteiger partial charge in [0, 0.05) is 30.8 Å². The van der Waals surface area contributed by atoms with Crippen molar-refractivity contribution in [3.05, 3.63) is 52.6 Å². The lowest BCUT2D eigenvalue weighted by Crippen LogP contribution is -2.06. The second-order valence-corrected chi connectivity index (χ2v) is 4.99. The monoisotopic (exact) mass is 269 g/mol.